The standard InChI is InChI=1S/C7H11F3O/c1-2-6(11,5-3-4-5)7(8,9)10/h5,11H,2-4H2,1H3. The molecule has 0 spiro atoms. The molecule has 0 amide bonds. The van der Waals surface area contributed by atoms with Crippen molar-refractivity contribution in [1.82, 2.24) is 0 Å². The monoisotopic (exact) mass is 168 g/mol. The molecular formula is C7H11F3O. The van der Waals surface area contributed by atoms with Crippen LogP contribution in [0.5, 0.6) is 0 Å². The van der Waals surface area contributed by atoms with Crippen LogP contribution in [0.4, 0.5) is 13.2 Å². The highest BCUT2D eigenvalue weighted by atomic mass is 19.4. The highest BCUT2D eigenvalue weighted by Gasteiger charge is 2.60. The first-order valence-corrected chi connectivity index (χ1v) is 3.71. The van der Waals surface area contributed by atoms with Gasteiger partial charge in [-0.3, -0.25) is 0 Å². The minimum Gasteiger partial charge on any atom is -0.380 e. The zero-order valence-electron chi connectivity index (χ0n) is 6.28. The van der Waals surface area contributed by atoms with Gasteiger partial charge in [-0.15, -0.1) is 0 Å². The molecule has 1 N–H and O–H groups in total. The summed E-state index contributed by atoms with van der Waals surface area (Å²) in [5.41, 5.74) is -2.41. The highest BCUT2D eigenvalue weighted by Crippen LogP contribution is 2.49. The lowest BCUT2D eigenvalue weighted by Crippen LogP contribution is -2.46. The van der Waals surface area contributed by atoms with Crippen LogP contribution in [0.25, 0.3) is 0 Å². The first kappa shape index (κ1) is 8.84. The third-order valence-corrected chi connectivity index (χ3v) is 2.28. The summed E-state index contributed by atoms with van der Waals surface area (Å²) in [4.78, 5) is 0. The molecule has 1 saturated carbocycles. The number of rotatable bonds is 2. The molecule has 0 radical (unpaired) electrons. The Labute approximate surface area is 63.2 Å². The lowest BCUT2D eigenvalue weighted by molar-refractivity contribution is -0.269. The maximum atomic E-state index is 12.1. The molecule has 0 saturated heterocycles. The predicted octanol–water partition coefficient (Wildman–Crippen LogP) is 2.10. The molecule has 1 aliphatic carbocycles. The summed E-state index contributed by atoms with van der Waals surface area (Å²) < 4.78 is 36.4. The third-order valence-electron chi connectivity index (χ3n) is 2.28. The summed E-state index contributed by atoms with van der Waals surface area (Å²) in [5.74, 6) is -0.549. The van der Waals surface area contributed by atoms with Crippen LogP contribution in [0.2, 0.25) is 0 Å². The second-order valence-corrected chi connectivity index (χ2v) is 3.05. The van der Waals surface area contributed by atoms with E-state index in [1.165, 1.54) is 6.92 Å². The van der Waals surface area contributed by atoms with Gasteiger partial charge in [0.15, 0.2) is 5.60 Å². The van der Waals surface area contributed by atoms with Crippen LogP contribution in [0.15, 0.2) is 0 Å². The van der Waals surface area contributed by atoms with Crippen LogP contribution in [0.3, 0.4) is 0 Å². The molecule has 66 valence electrons. The van der Waals surface area contributed by atoms with Gasteiger partial charge in [0, 0.05) is 0 Å². The number of halogens is 3. The molecule has 0 aromatic heterocycles. The van der Waals surface area contributed by atoms with Gasteiger partial charge in [0.05, 0.1) is 0 Å². The van der Waals surface area contributed by atoms with Gasteiger partial charge in [-0.05, 0) is 25.2 Å². The zero-order chi connectivity index (χ0) is 8.70. The van der Waals surface area contributed by atoms with Gasteiger partial charge in [0.2, 0.25) is 0 Å². The lowest BCUT2D eigenvalue weighted by atomic mass is 9.94. The fourth-order valence-electron chi connectivity index (χ4n) is 1.28. The van der Waals surface area contributed by atoms with E-state index < -0.39 is 17.7 Å². The van der Waals surface area contributed by atoms with Crippen molar-refractivity contribution >= 4 is 0 Å². The average Bonchev–Trinajstić information content (AvgIpc) is 2.64. The molecule has 0 aliphatic heterocycles. The number of hydrogen-bond donors (Lipinski definition) is 1. The first-order valence-electron chi connectivity index (χ1n) is 3.71. The molecule has 1 unspecified atom stereocenters. The van der Waals surface area contributed by atoms with Crippen LogP contribution >= 0.6 is 0 Å². The molecular weight excluding hydrogens is 157 g/mol. The maximum Gasteiger partial charge on any atom is 0.417 e. The fourth-order valence-corrected chi connectivity index (χ4v) is 1.28. The minimum absolute atomic E-state index is 0.235. The SMILES string of the molecule is CCC(O)(C1CC1)C(F)(F)F. The van der Waals surface area contributed by atoms with Crippen molar-refractivity contribution in [1.29, 1.82) is 0 Å². The second kappa shape index (κ2) is 2.37. The van der Waals surface area contributed by atoms with Gasteiger partial charge in [-0.25, -0.2) is 0 Å². The molecule has 1 fully saturated rings. The molecule has 0 heterocycles. The van der Waals surface area contributed by atoms with Gasteiger partial charge in [-0.1, -0.05) is 6.92 Å². The number of alkyl halides is 3. The molecule has 11 heavy (non-hydrogen) atoms. The Morgan fingerprint density at radius 1 is 1.36 bits per heavy atom. The van der Waals surface area contributed by atoms with Crippen LogP contribution in [-0.2, 0) is 0 Å². The number of hydrogen-bond acceptors (Lipinski definition) is 1. The first-order chi connectivity index (χ1) is 4.92. The summed E-state index contributed by atoms with van der Waals surface area (Å²) in [5, 5.41) is 9.17. The van der Waals surface area contributed by atoms with Crippen molar-refractivity contribution < 1.29 is 18.3 Å². The normalized spacial score (nSPS) is 24.8. The van der Waals surface area contributed by atoms with Gasteiger partial charge < -0.3 is 5.11 Å². The van der Waals surface area contributed by atoms with Crippen molar-refractivity contribution in [3.63, 3.8) is 0 Å². The van der Waals surface area contributed by atoms with Gasteiger partial charge in [-0.2, -0.15) is 13.2 Å². The van der Waals surface area contributed by atoms with Gasteiger partial charge in [0.25, 0.3) is 0 Å². The summed E-state index contributed by atoms with van der Waals surface area (Å²) in [6.45, 7) is 1.37. The van der Waals surface area contributed by atoms with E-state index in [1.54, 1.807) is 0 Å². The van der Waals surface area contributed by atoms with E-state index in [0.717, 1.165) is 0 Å². The predicted molar refractivity (Wildman–Crippen MR) is 34.0 cm³/mol. The van der Waals surface area contributed by atoms with E-state index in [4.69, 9.17) is 0 Å². The molecule has 1 nitrogen and oxygen atoms in total. The molecule has 0 aromatic rings. The molecule has 0 aromatic carbocycles. The van der Waals surface area contributed by atoms with Crippen LogP contribution in [0.1, 0.15) is 26.2 Å². The van der Waals surface area contributed by atoms with Crippen molar-refractivity contribution in [2.45, 2.75) is 38.0 Å². The van der Waals surface area contributed by atoms with Crippen LogP contribution in [0, 0.1) is 5.92 Å². The molecule has 4 heteroatoms. The lowest BCUT2D eigenvalue weighted by Gasteiger charge is -2.29. The Kier molecular flexibility index (Phi) is 1.90. The van der Waals surface area contributed by atoms with E-state index in [-0.39, 0.29) is 6.42 Å². The Morgan fingerprint density at radius 2 is 1.82 bits per heavy atom. The second-order valence-electron chi connectivity index (χ2n) is 3.05. The zero-order valence-corrected chi connectivity index (χ0v) is 6.28. The van der Waals surface area contributed by atoms with E-state index in [1.807, 2.05) is 0 Å². The Hall–Kier alpha value is -0.250. The molecule has 1 rings (SSSR count). The molecule has 1 aliphatic rings. The smallest absolute Gasteiger partial charge is 0.380 e. The summed E-state index contributed by atoms with van der Waals surface area (Å²) in [6.07, 6.45) is -3.68. The van der Waals surface area contributed by atoms with Gasteiger partial charge in [0.1, 0.15) is 0 Å². The molecule has 0 bridgehead atoms. The van der Waals surface area contributed by atoms with Crippen molar-refractivity contribution in [2.24, 2.45) is 5.92 Å². The van der Waals surface area contributed by atoms with Crippen LogP contribution in [-0.4, -0.2) is 16.9 Å². The van der Waals surface area contributed by atoms with E-state index >= 15 is 0 Å². The maximum absolute atomic E-state index is 12.1. The topological polar surface area (TPSA) is 20.2 Å². The summed E-state index contributed by atoms with van der Waals surface area (Å²) in [7, 11) is 0. The largest absolute Gasteiger partial charge is 0.417 e. The Balaban J connectivity index is 2.73. The average molecular weight is 168 g/mol. The van der Waals surface area contributed by atoms with Gasteiger partial charge >= 0.3 is 6.18 Å². The van der Waals surface area contributed by atoms with Crippen molar-refractivity contribution in [2.75, 3.05) is 0 Å². The van der Waals surface area contributed by atoms with Crippen LogP contribution < -0.4 is 0 Å². The van der Waals surface area contributed by atoms with E-state index in [2.05, 4.69) is 0 Å². The van der Waals surface area contributed by atoms with Crippen molar-refractivity contribution in [3.05, 3.63) is 0 Å². The Bertz CT molecular complexity index is 150. The number of aliphatic hydroxyl groups is 1. The summed E-state index contributed by atoms with van der Waals surface area (Å²) in [6, 6.07) is 0. The third kappa shape index (κ3) is 1.36. The summed E-state index contributed by atoms with van der Waals surface area (Å²) >= 11 is 0. The molecule has 1 atom stereocenters. The minimum atomic E-state index is -4.46. The van der Waals surface area contributed by atoms with E-state index in [9.17, 15) is 18.3 Å². The Morgan fingerprint density at radius 3 is 1.91 bits per heavy atom. The quantitative estimate of drug-likeness (QED) is 0.669. The van der Waals surface area contributed by atoms with Crippen molar-refractivity contribution in [3.8, 4) is 0 Å². The highest BCUT2D eigenvalue weighted by molar-refractivity contribution is 4.98. The fraction of sp³-hybridized carbons (Fsp3) is 1.00. The van der Waals surface area contributed by atoms with E-state index in [0.29, 0.717) is 12.8 Å².